The van der Waals surface area contributed by atoms with Crippen LogP contribution in [0.25, 0.3) is 0 Å². The Bertz CT molecular complexity index is 587. The van der Waals surface area contributed by atoms with Crippen LogP contribution < -0.4 is 11.1 Å². The number of hydrogen-bond donors (Lipinski definition) is 2. The van der Waals surface area contributed by atoms with Crippen LogP contribution in [-0.4, -0.2) is 11.9 Å². The van der Waals surface area contributed by atoms with Gasteiger partial charge in [-0.3, -0.25) is 4.79 Å². The molecule has 1 aromatic heterocycles. The first-order valence-electron chi connectivity index (χ1n) is 7.81. The Morgan fingerprint density at radius 2 is 2.05 bits per heavy atom. The van der Waals surface area contributed by atoms with Gasteiger partial charge in [0.2, 0.25) is 5.91 Å². The molecule has 5 heteroatoms. The number of nitriles is 1. The predicted molar refractivity (Wildman–Crippen MR) is 84.2 cm³/mol. The molecule has 2 aliphatic rings. The van der Waals surface area contributed by atoms with E-state index in [1.807, 2.05) is 0 Å². The van der Waals surface area contributed by atoms with Gasteiger partial charge in [0, 0.05) is 10.9 Å². The smallest absolute Gasteiger partial charge is 0.229 e. The van der Waals surface area contributed by atoms with Crippen LogP contribution in [0.4, 0.5) is 5.00 Å². The lowest BCUT2D eigenvalue weighted by Crippen LogP contribution is -2.37. The number of nitrogens with one attached hydrogen (secondary N) is 1. The summed E-state index contributed by atoms with van der Waals surface area (Å²) in [5, 5.41) is 13.1. The summed E-state index contributed by atoms with van der Waals surface area (Å²) in [6, 6.07) is 2.22. The molecule has 4 nitrogen and oxygen atoms in total. The molecule has 1 heterocycles. The topological polar surface area (TPSA) is 78.9 Å². The third-order valence-corrected chi connectivity index (χ3v) is 5.88. The zero-order valence-corrected chi connectivity index (χ0v) is 13.0. The van der Waals surface area contributed by atoms with Crippen LogP contribution in [0.5, 0.6) is 0 Å². The highest BCUT2D eigenvalue weighted by molar-refractivity contribution is 7.16. The first-order chi connectivity index (χ1) is 10.2. The molecule has 0 bridgehead atoms. The number of anilines is 1. The maximum absolute atomic E-state index is 12.5. The van der Waals surface area contributed by atoms with Gasteiger partial charge in [-0.15, -0.1) is 11.3 Å². The van der Waals surface area contributed by atoms with Gasteiger partial charge in [0.1, 0.15) is 11.1 Å². The number of rotatable bonds is 2. The first-order valence-corrected chi connectivity index (χ1v) is 8.63. The molecule has 1 fully saturated rings. The first kappa shape index (κ1) is 14.6. The SMILES string of the molecule is N#Cc1c(NC(=O)C2CCCCCC2N)sc2c1CCC2. The molecule has 2 aliphatic carbocycles. The molecule has 112 valence electrons. The maximum atomic E-state index is 12.5. The van der Waals surface area contributed by atoms with Gasteiger partial charge < -0.3 is 11.1 Å². The Morgan fingerprint density at radius 3 is 2.86 bits per heavy atom. The van der Waals surface area contributed by atoms with Gasteiger partial charge in [-0.2, -0.15) is 5.26 Å². The summed E-state index contributed by atoms with van der Waals surface area (Å²) in [5.74, 6) is -0.114. The van der Waals surface area contributed by atoms with Crippen molar-refractivity contribution in [2.75, 3.05) is 5.32 Å². The number of fused-ring (bicyclic) bond motifs is 1. The summed E-state index contributed by atoms with van der Waals surface area (Å²) in [4.78, 5) is 13.8. The van der Waals surface area contributed by atoms with Crippen molar-refractivity contribution < 1.29 is 4.79 Å². The van der Waals surface area contributed by atoms with Crippen molar-refractivity contribution >= 4 is 22.2 Å². The molecule has 0 saturated heterocycles. The molecule has 0 aliphatic heterocycles. The minimum absolute atomic E-state index is 0.000762. The van der Waals surface area contributed by atoms with Gasteiger partial charge >= 0.3 is 0 Å². The van der Waals surface area contributed by atoms with Crippen molar-refractivity contribution in [1.82, 2.24) is 0 Å². The number of aryl methyl sites for hydroxylation is 1. The minimum atomic E-state index is -0.115. The zero-order chi connectivity index (χ0) is 14.8. The molecule has 2 unspecified atom stereocenters. The lowest BCUT2D eigenvalue weighted by molar-refractivity contribution is -0.120. The van der Waals surface area contributed by atoms with E-state index in [1.165, 1.54) is 4.88 Å². The Kier molecular flexibility index (Phi) is 4.27. The molecule has 0 spiro atoms. The second-order valence-corrected chi connectivity index (χ2v) is 7.18. The van der Waals surface area contributed by atoms with E-state index in [0.717, 1.165) is 61.9 Å². The average Bonchev–Trinajstić information content (AvgIpc) is 2.95. The summed E-state index contributed by atoms with van der Waals surface area (Å²) in [6.07, 6.45) is 8.25. The van der Waals surface area contributed by atoms with Crippen LogP contribution in [0.15, 0.2) is 0 Å². The van der Waals surface area contributed by atoms with Gasteiger partial charge in [0.05, 0.1) is 11.5 Å². The number of hydrogen-bond acceptors (Lipinski definition) is 4. The number of carbonyl (C=O) groups is 1. The minimum Gasteiger partial charge on any atom is -0.327 e. The highest BCUT2D eigenvalue weighted by Gasteiger charge is 2.29. The standard InChI is InChI=1S/C16H21N3OS/c17-9-12-10-6-4-8-14(10)21-16(12)19-15(20)11-5-2-1-3-7-13(11)18/h11,13H,1-8,18H2,(H,19,20). The third-order valence-electron chi connectivity index (χ3n) is 4.68. The molecule has 3 N–H and O–H groups in total. The average molecular weight is 303 g/mol. The van der Waals surface area contributed by atoms with Crippen LogP contribution >= 0.6 is 11.3 Å². The molecule has 1 amide bonds. The summed E-state index contributed by atoms with van der Waals surface area (Å²) in [7, 11) is 0. The molecule has 1 saturated carbocycles. The number of nitrogens with two attached hydrogens (primary N) is 1. The lowest BCUT2D eigenvalue weighted by atomic mass is 9.94. The van der Waals surface area contributed by atoms with E-state index in [4.69, 9.17) is 5.73 Å². The molecule has 1 aromatic rings. The summed E-state index contributed by atoms with van der Waals surface area (Å²) >= 11 is 1.58. The molecular weight excluding hydrogens is 282 g/mol. The third kappa shape index (κ3) is 2.83. The number of thiophene rings is 1. The normalized spacial score (nSPS) is 25.0. The van der Waals surface area contributed by atoms with Crippen molar-refractivity contribution in [3.8, 4) is 6.07 Å². The van der Waals surface area contributed by atoms with Crippen molar-refractivity contribution in [1.29, 1.82) is 5.26 Å². The van der Waals surface area contributed by atoms with Crippen LogP contribution in [0.1, 0.15) is 54.5 Å². The molecule has 3 rings (SSSR count). The monoisotopic (exact) mass is 303 g/mol. The quantitative estimate of drug-likeness (QED) is 0.824. The fourth-order valence-electron chi connectivity index (χ4n) is 3.48. The Labute approximate surface area is 129 Å². The second-order valence-electron chi connectivity index (χ2n) is 6.07. The molecule has 0 radical (unpaired) electrons. The molecule has 2 atom stereocenters. The Morgan fingerprint density at radius 1 is 1.24 bits per heavy atom. The summed E-state index contributed by atoms with van der Waals surface area (Å²) in [5.41, 5.74) is 7.99. The number of nitrogens with zero attached hydrogens (tertiary/aromatic N) is 1. The largest absolute Gasteiger partial charge is 0.327 e. The van der Waals surface area contributed by atoms with Crippen molar-refractivity contribution in [2.45, 2.75) is 57.4 Å². The van der Waals surface area contributed by atoms with E-state index < -0.39 is 0 Å². The van der Waals surface area contributed by atoms with Gasteiger partial charge in [-0.25, -0.2) is 0 Å². The van der Waals surface area contributed by atoms with E-state index in [9.17, 15) is 10.1 Å². The summed E-state index contributed by atoms with van der Waals surface area (Å²) < 4.78 is 0. The van der Waals surface area contributed by atoms with Crippen molar-refractivity contribution in [2.24, 2.45) is 11.7 Å². The number of carbonyl (C=O) groups excluding carboxylic acids is 1. The van der Waals surface area contributed by atoms with Crippen molar-refractivity contribution in [3.05, 3.63) is 16.0 Å². The van der Waals surface area contributed by atoms with E-state index in [2.05, 4.69) is 11.4 Å². The van der Waals surface area contributed by atoms with E-state index in [0.29, 0.717) is 5.56 Å². The summed E-state index contributed by atoms with van der Waals surface area (Å²) in [6.45, 7) is 0. The van der Waals surface area contributed by atoms with Gasteiger partial charge in [-0.05, 0) is 37.7 Å². The van der Waals surface area contributed by atoms with Crippen LogP contribution in [0.2, 0.25) is 0 Å². The lowest BCUT2D eigenvalue weighted by Gasteiger charge is -2.20. The highest BCUT2D eigenvalue weighted by atomic mass is 32.1. The van der Waals surface area contributed by atoms with Crippen LogP contribution in [0.3, 0.4) is 0 Å². The van der Waals surface area contributed by atoms with E-state index in [1.54, 1.807) is 11.3 Å². The van der Waals surface area contributed by atoms with Crippen LogP contribution in [-0.2, 0) is 17.6 Å². The maximum Gasteiger partial charge on any atom is 0.229 e. The number of amides is 1. The van der Waals surface area contributed by atoms with Crippen molar-refractivity contribution in [3.63, 3.8) is 0 Å². The zero-order valence-electron chi connectivity index (χ0n) is 12.2. The predicted octanol–water partition coefficient (Wildman–Crippen LogP) is 2.95. The Hall–Kier alpha value is -1.38. The Balaban J connectivity index is 1.77. The second kappa shape index (κ2) is 6.17. The molecular formula is C16H21N3OS. The molecule has 21 heavy (non-hydrogen) atoms. The molecule has 0 aromatic carbocycles. The van der Waals surface area contributed by atoms with Gasteiger partial charge in [0.15, 0.2) is 0 Å². The van der Waals surface area contributed by atoms with E-state index >= 15 is 0 Å². The fraction of sp³-hybridized carbons (Fsp3) is 0.625. The van der Waals surface area contributed by atoms with E-state index in [-0.39, 0.29) is 17.9 Å². The van der Waals surface area contributed by atoms with Crippen LogP contribution in [0, 0.1) is 17.2 Å². The fourth-order valence-corrected chi connectivity index (χ4v) is 4.72. The highest BCUT2D eigenvalue weighted by Crippen LogP contribution is 2.39. The van der Waals surface area contributed by atoms with Gasteiger partial charge in [-0.1, -0.05) is 19.3 Å². The van der Waals surface area contributed by atoms with Gasteiger partial charge in [0.25, 0.3) is 0 Å².